The Balaban J connectivity index is 1.93. The number of likely N-dealkylation sites (tertiary alicyclic amines) is 1. The predicted octanol–water partition coefficient (Wildman–Crippen LogP) is 2.00. The SMILES string of the molecule is COCC1CCN(Cc2cc(O)cc(F)c2)C1. The lowest BCUT2D eigenvalue weighted by Gasteiger charge is -2.16. The van der Waals surface area contributed by atoms with E-state index in [0.717, 1.165) is 37.7 Å². The maximum absolute atomic E-state index is 13.1. The van der Waals surface area contributed by atoms with Crippen LogP contribution in [0, 0.1) is 11.7 Å². The molecule has 1 aliphatic heterocycles. The van der Waals surface area contributed by atoms with Gasteiger partial charge in [0.1, 0.15) is 11.6 Å². The molecular weight excluding hydrogens is 221 g/mol. The van der Waals surface area contributed by atoms with Crippen LogP contribution in [0.4, 0.5) is 4.39 Å². The molecule has 1 saturated heterocycles. The molecule has 1 aromatic carbocycles. The van der Waals surface area contributed by atoms with Crippen molar-refractivity contribution in [1.82, 2.24) is 4.90 Å². The molecule has 1 N–H and O–H groups in total. The Hall–Kier alpha value is -1.13. The zero-order valence-electron chi connectivity index (χ0n) is 10.0. The van der Waals surface area contributed by atoms with Gasteiger partial charge in [-0.2, -0.15) is 0 Å². The molecule has 1 aliphatic rings. The maximum atomic E-state index is 13.1. The van der Waals surface area contributed by atoms with Gasteiger partial charge < -0.3 is 9.84 Å². The monoisotopic (exact) mass is 239 g/mol. The maximum Gasteiger partial charge on any atom is 0.127 e. The number of phenols is 1. The fourth-order valence-electron chi connectivity index (χ4n) is 2.41. The van der Waals surface area contributed by atoms with Crippen molar-refractivity contribution < 1.29 is 14.2 Å². The zero-order valence-corrected chi connectivity index (χ0v) is 10.0. The lowest BCUT2D eigenvalue weighted by atomic mass is 10.1. The lowest BCUT2D eigenvalue weighted by Crippen LogP contribution is -2.21. The molecule has 4 heteroatoms. The molecule has 0 aromatic heterocycles. The van der Waals surface area contributed by atoms with E-state index in [0.29, 0.717) is 12.5 Å². The fourth-order valence-corrected chi connectivity index (χ4v) is 2.41. The molecule has 2 rings (SSSR count). The van der Waals surface area contributed by atoms with Crippen molar-refractivity contribution in [2.45, 2.75) is 13.0 Å². The molecule has 0 radical (unpaired) electrons. The van der Waals surface area contributed by atoms with Gasteiger partial charge in [0, 0.05) is 26.3 Å². The number of nitrogens with zero attached hydrogens (tertiary/aromatic N) is 1. The van der Waals surface area contributed by atoms with Crippen LogP contribution in [0.1, 0.15) is 12.0 Å². The highest BCUT2D eigenvalue weighted by Crippen LogP contribution is 2.21. The fraction of sp³-hybridized carbons (Fsp3) is 0.538. The minimum absolute atomic E-state index is 0.00682. The van der Waals surface area contributed by atoms with Crippen LogP contribution in [0.5, 0.6) is 5.75 Å². The Labute approximate surface area is 101 Å². The molecule has 0 amide bonds. The number of hydrogen-bond donors (Lipinski definition) is 1. The van der Waals surface area contributed by atoms with Gasteiger partial charge in [0.15, 0.2) is 0 Å². The first-order valence-corrected chi connectivity index (χ1v) is 5.87. The van der Waals surface area contributed by atoms with Gasteiger partial charge in [-0.3, -0.25) is 4.90 Å². The van der Waals surface area contributed by atoms with E-state index >= 15 is 0 Å². The van der Waals surface area contributed by atoms with Crippen LogP contribution in [0.15, 0.2) is 18.2 Å². The van der Waals surface area contributed by atoms with Crippen molar-refractivity contribution in [3.8, 4) is 5.75 Å². The van der Waals surface area contributed by atoms with Crippen molar-refractivity contribution in [1.29, 1.82) is 0 Å². The summed E-state index contributed by atoms with van der Waals surface area (Å²) in [4.78, 5) is 2.26. The number of halogens is 1. The molecule has 0 saturated carbocycles. The summed E-state index contributed by atoms with van der Waals surface area (Å²) in [5, 5.41) is 9.33. The summed E-state index contributed by atoms with van der Waals surface area (Å²) >= 11 is 0. The average Bonchev–Trinajstić information content (AvgIpc) is 2.64. The summed E-state index contributed by atoms with van der Waals surface area (Å²) in [6.07, 6.45) is 1.12. The van der Waals surface area contributed by atoms with E-state index in [1.807, 2.05) is 0 Å². The number of ether oxygens (including phenoxy) is 1. The normalized spacial score (nSPS) is 20.9. The summed E-state index contributed by atoms with van der Waals surface area (Å²) < 4.78 is 18.2. The first-order valence-electron chi connectivity index (χ1n) is 5.87. The van der Waals surface area contributed by atoms with Gasteiger partial charge in [-0.15, -0.1) is 0 Å². The van der Waals surface area contributed by atoms with Gasteiger partial charge in [0.25, 0.3) is 0 Å². The smallest absolute Gasteiger partial charge is 0.127 e. The first-order chi connectivity index (χ1) is 8.17. The molecule has 1 fully saturated rings. The number of hydrogen-bond acceptors (Lipinski definition) is 3. The van der Waals surface area contributed by atoms with Crippen LogP contribution in [0.2, 0.25) is 0 Å². The summed E-state index contributed by atoms with van der Waals surface area (Å²) in [6.45, 7) is 3.45. The topological polar surface area (TPSA) is 32.7 Å². The van der Waals surface area contributed by atoms with Gasteiger partial charge in [0.05, 0.1) is 6.61 Å². The summed E-state index contributed by atoms with van der Waals surface area (Å²) in [7, 11) is 1.72. The van der Waals surface area contributed by atoms with Crippen LogP contribution in [-0.2, 0) is 11.3 Å². The van der Waals surface area contributed by atoms with Gasteiger partial charge in [-0.05, 0) is 36.6 Å². The van der Waals surface area contributed by atoms with Crippen LogP contribution in [-0.4, -0.2) is 36.8 Å². The Bertz CT molecular complexity index is 363. The number of methoxy groups -OCH3 is 1. The van der Waals surface area contributed by atoms with Gasteiger partial charge in [-0.1, -0.05) is 0 Å². The summed E-state index contributed by atoms with van der Waals surface area (Å²) in [6, 6.07) is 4.22. The molecule has 1 atom stereocenters. The van der Waals surface area contributed by atoms with Crippen LogP contribution >= 0.6 is 0 Å². The van der Waals surface area contributed by atoms with Crippen LogP contribution < -0.4 is 0 Å². The standard InChI is InChI=1S/C13H18FNO2/c1-17-9-10-2-3-15(7-10)8-11-4-12(14)6-13(16)5-11/h4-6,10,16H,2-3,7-9H2,1H3. The molecule has 1 unspecified atom stereocenters. The average molecular weight is 239 g/mol. The Kier molecular flexibility index (Phi) is 3.97. The van der Waals surface area contributed by atoms with Crippen molar-refractivity contribution in [3.05, 3.63) is 29.6 Å². The lowest BCUT2D eigenvalue weighted by molar-refractivity contribution is 0.152. The van der Waals surface area contributed by atoms with Crippen molar-refractivity contribution in [2.75, 3.05) is 26.8 Å². The Morgan fingerprint density at radius 3 is 3.00 bits per heavy atom. The summed E-state index contributed by atoms with van der Waals surface area (Å²) in [5.74, 6) is 0.183. The van der Waals surface area contributed by atoms with Crippen molar-refractivity contribution in [2.24, 2.45) is 5.92 Å². The van der Waals surface area contributed by atoms with E-state index in [1.54, 1.807) is 13.2 Å². The highest BCUT2D eigenvalue weighted by molar-refractivity contribution is 5.28. The Morgan fingerprint density at radius 1 is 1.47 bits per heavy atom. The Morgan fingerprint density at radius 2 is 2.29 bits per heavy atom. The largest absolute Gasteiger partial charge is 0.508 e. The minimum Gasteiger partial charge on any atom is -0.508 e. The molecule has 0 spiro atoms. The highest BCUT2D eigenvalue weighted by atomic mass is 19.1. The third-order valence-electron chi connectivity index (χ3n) is 3.12. The zero-order chi connectivity index (χ0) is 12.3. The predicted molar refractivity (Wildman–Crippen MR) is 63.3 cm³/mol. The van der Waals surface area contributed by atoms with Gasteiger partial charge in [0.2, 0.25) is 0 Å². The molecular formula is C13H18FNO2. The number of benzene rings is 1. The van der Waals surface area contributed by atoms with Gasteiger partial charge in [-0.25, -0.2) is 4.39 Å². The third-order valence-corrected chi connectivity index (χ3v) is 3.12. The number of rotatable bonds is 4. The van der Waals surface area contributed by atoms with Crippen molar-refractivity contribution in [3.63, 3.8) is 0 Å². The molecule has 1 aromatic rings. The van der Waals surface area contributed by atoms with Crippen LogP contribution in [0.25, 0.3) is 0 Å². The molecule has 17 heavy (non-hydrogen) atoms. The molecule has 1 heterocycles. The van der Waals surface area contributed by atoms with E-state index in [-0.39, 0.29) is 11.6 Å². The highest BCUT2D eigenvalue weighted by Gasteiger charge is 2.22. The quantitative estimate of drug-likeness (QED) is 0.872. The van der Waals surface area contributed by atoms with E-state index in [4.69, 9.17) is 4.74 Å². The minimum atomic E-state index is -0.382. The number of phenolic OH excluding ortho intramolecular Hbond substituents is 1. The van der Waals surface area contributed by atoms with Crippen molar-refractivity contribution >= 4 is 0 Å². The molecule has 94 valence electrons. The molecule has 0 aliphatic carbocycles. The van der Waals surface area contributed by atoms with E-state index in [1.165, 1.54) is 6.07 Å². The second-order valence-corrected chi connectivity index (χ2v) is 4.66. The van der Waals surface area contributed by atoms with Crippen LogP contribution in [0.3, 0.4) is 0 Å². The summed E-state index contributed by atoms with van der Waals surface area (Å²) in [5.41, 5.74) is 0.820. The van der Waals surface area contributed by atoms with E-state index < -0.39 is 0 Å². The molecule has 3 nitrogen and oxygen atoms in total. The van der Waals surface area contributed by atoms with E-state index in [2.05, 4.69) is 4.90 Å². The van der Waals surface area contributed by atoms with E-state index in [9.17, 15) is 9.50 Å². The second-order valence-electron chi connectivity index (χ2n) is 4.66. The number of aromatic hydroxyl groups is 1. The first kappa shape index (κ1) is 12.3. The second kappa shape index (κ2) is 5.47. The third kappa shape index (κ3) is 3.41. The van der Waals surface area contributed by atoms with Gasteiger partial charge >= 0.3 is 0 Å². The molecule has 0 bridgehead atoms.